The molecule has 0 saturated carbocycles. The summed E-state index contributed by atoms with van der Waals surface area (Å²) in [6, 6.07) is 5.22. The standard InChI is InChI=1S/C25H30N8O4/c1-6-22(35)27-19-11-18(20(36-5)12-21(19)37-10-9-31(2)3)28-25-29-23(16-13-26-32(4)14-16)17-7-8-33(15-34)24(17)30-25/h6-8,11-14,34H,1,9-10,15H2,2-5H3,(H,27,35)(H,28,29,30). The molecule has 0 aliphatic heterocycles. The van der Waals surface area contributed by atoms with Gasteiger partial charge in [0.15, 0.2) is 0 Å². The molecule has 194 valence electrons. The predicted molar refractivity (Wildman–Crippen MR) is 141 cm³/mol. The molecule has 0 radical (unpaired) electrons. The normalized spacial score (nSPS) is 11.1. The second-order valence-corrected chi connectivity index (χ2v) is 8.48. The molecule has 0 aliphatic rings. The minimum atomic E-state index is -0.383. The molecule has 4 rings (SSSR count). The molecule has 1 amide bonds. The van der Waals surface area contributed by atoms with E-state index in [0.717, 1.165) is 10.9 Å². The third-order valence-corrected chi connectivity index (χ3v) is 5.54. The lowest BCUT2D eigenvalue weighted by atomic mass is 10.2. The van der Waals surface area contributed by atoms with Gasteiger partial charge in [0.25, 0.3) is 0 Å². The molecule has 12 nitrogen and oxygen atoms in total. The molecule has 0 unspecified atom stereocenters. The molecule has 3 aromatic heterocycles. The number of amides is 1. The van der Waals surface area contributed by atoms with Gasteiger partial charge in [0.05, 0.1) is 30.4 Å². The van der Waals surface area contributed by atoms with E-state index in [2.05, 4.69) is 27.3 Å². The highest BCUT2D eigenvalue weighted by atomic mass is 16.5. The number of nitrogens with zero attached hydrogens (tertiary/aromatic N) is 6. The summed E-state index contributed by atoms with van der Waals surface area (Å²) >= 11 is 0. The first kappa shape index (κ1) is 25.7. The molecule has 12 heteroatoms. The average molecular weight is 507 g/mol. The predicted octanol–water partition coefficient (Wildman–Crippen LogP) is 2.60. The van der Waals surface area contributed by atoms with Crippen LogP contribution in [0.25, 0.3) is 22.3 Å². The molecule has 0 spiro atoms. The summed E-state index contributed by atoms with van der Waals surface area (Å²) in [7, 11) is 7.25. The van der Waals surface area contributed by atoms with Crippen molar-refractivity contribution >= 4 is 34.3 Å². The number of benzene rings is 1. The summed E-state index contributed by atoms with van der Waals surface area (Å²) in [4.78, 5) is 23.5. The second-order valence-electron chi connectivity index (χ2n) is 8.48. The zero-order valence-corrected chi connectivity index (χ0v) is 21.2. The minimum Gasteiger partial charge on any atom is -0.494 e. The molecule has 3 N–H and O–H groups in total. The van der Waals surface area contributed by atoms with E-state index in [4.69, 9.17) is 14.5 Å². The lowest BCUT2D eigenvalue weighted by Gasteiger charge is -2.18. The van der Waals surface area contributed by atoms with Gasteiger partial charge in [0.1, 0.15) is 30.5 Å². The molecule has 0 fully saturated rings. The van der Waals surface area contributed by atoms with Crippen LogP contribution in [0.1, 0.15) is 0 Å². The third kappa shape index (κ3) is 5.71. The smallest absolute Gasteiger partial charge is 0.247 e. The largest absolute Gasteiger partial charge is 0.494 e. The summed E-state index contributed by atoms with van der Waals surface area (Å²) in [5.41, 5.74) is 2.92. The van der Waals surface area contributed by atoms with Crippen molar-refractivity contribution in [1.29, 1.82) is 0 Å². The van der Waals surface area contributed by atoms with Crippen molar-refractivity contribution in [2.24, 2.45) is 7.05 Å². The van der Waals surface area contributed by atoms with Gasteiger partial charge in [-0.15, -0.1) is 0 Å². The maximum Gasteiger partial charge on any atom is 0.247 e. The highest BCUT2D eigenvalue weighted by Crippen LogP contribution is 2.38. The second kappa shape index (κ2) is 11.1. The number of aromatic nitrogens is 5. The van der Waals surface area contributed by atoms with E-state index in [1.165, 1.54) is 13.2 Å². The Kier molecular flexibility index (Phi) is 7.70. The summed E-state index contributed by atoms with van der Waals surface area (Å²) < 4.78 is 14.8. The van der Waals surface area contributed by atoms with Gasteiger partial charge in [-0.2, -0.15) is 10.1 Å². The highest BCUT2D eigenvalue weighted by Gasteiger charge is 2.18. The van der Waals surface area contributed by atoms with Crippen LogP contribution in [0.4, 0.5) is 17.3 Å². The maximum atomic E-state index is 12.1. The number of ether oxygens (including phenoxy) is 2. The first-order valence-electron chi connectivity index (χ1n) is 11.5. The number of methoxy groups -OCH3 is 1. The van der Waals surface area contributed by atoms with Crippen molar-refractivity contribution in [2.75, 3.05) is 45.0 Å². The number of aliphatic hydroxyl groups excluding tert-OH is 1. The molecule has 0 saturated heterocycles. The van der Waals surface area contributed by atoms with Gasteiger partial charge in [-0.3, -0.25) is 9.48 Å². The first-order valence-corrected chi connectivity index (χ1v) is 11.5. The maximum absolute atomic E-state index is 12.1. The molecule has 37 heavy (non-hydrogen) atoms. The van der Waals surface area contributed by atoms with E-state index in [0.29, 0.717) is 47.4 Å². The highest BCUT2D eigenvalue weighted by molar-refractivity contribution is 6.00. The molecular weight excluding hydrogens is 476 g/mol. The number of anilines is 3. The van der Waals surface area contributed by atoms with Gasteiger partial charge in [-0.1, -0.05) is 6.58 Å². The molecule has 1 aromatic carbocycles. The van der Waals surface area contributed by atoms with Crippen LogP contribution < -0.4 is 20.1 Å². The van der Waals surface area contributed by atoms with Crippen LogP contribution in [0.5, 0.6) is 11.5 Å². The van der Waals surface area contributed by atoms with Crippen LogP contribution in [-0.4, -0.2) is 74.6 Å². The van der Waals surface area contributed by atoms with Crippen molar-refractivity contribution in [3.63, 3.8) is 0 Å². The van der Waals surface area contributed by atoms with Gasteiger partial charge < -0.3 is 34.7 Å². The van der Waals surface area contributed by atoms with Crippen LogP contribution in [-0.2, 0) is 18.6 Å². The summed E-state index contributed by atoms with van der Waals surface area (Å²) in [5.74, 6) is 0.785. The number of hydrogen-bond acceptors (Lipinski definition) is 9. The van der Waals surface area contributed by atoms with Gasteiger partial charge in [0.2, 0.25) is 11.9 Å². The Morgan fingerprint density at radius 3 is 2.70 bits per heavy atom. The van der Waals surface area contributed by atoms with Gasteiger partial charge in [-0.25, -0.2) is 4.98 Å². The number of hydrogen-bond donors (Lipinski definition) is 3. The van der Waals surface area contributed by atoms with Crippen molar-refractivity contribution in [1.82, 2.24) is 29.2 Å². The Bertz CT molecular complexity index is 1430. The van der Waals surface area contributed by atoms with Crippen molar-refractivity contribution in [2.45, 2.75) is 6.73 Å². The fraction of sp³-hybridized carbons (Fsp3) is 0.280. The van der Waals surface area contributed by atoms with Crippen molar-refractivity contribution in [3.8, 4) is 22.8 Å². The monoisotopic (exact) mass is 506 g/mol. The fourth-order valence-corrected chi connectivity index (χ4v) is 3.69. The lowest BCUT2D eigenvalue weighted by molar-refractivity contribution is -0.111. The van der Waals surface area contributed by atoms with Crippen molar-refractivity contribution < 1.29 is 19.4 Å². The zero-order chi connectivity index (χ0) is 26.5. The van der Waals surface area contributed by atoms with Gasteiger partial charge in [-0.05, 0) is 32.3 Å². The molecule has 4 aromatic rings. The Morgan fingerprint density at radius 1 is 1.24 bits per heavy atom. The SMILES string of the molecule is C=CC(=O)Nc1cc(Nc2nc(-c3cnn(C)c3)c3ccn(CO)c3n2)c(OC)cc1OCCN(C)C. The topological polar surface area (TPSA) is 132 Å². The number of aryl methyl sites for hydroxylation is 1. The van der Waals surface area contributed by atoms with Gasteiger partial charge in [0, 0.05) is 43.0 Å². The summed E-state index contributed by atoms with van der Waals surface area (Å²) in [6.07, 6.45) is 6.49. The zero-order valence-electron chi connectivity index (χ0n) is 21.2. The van der Waals surface area contributed by atoms with E-state index in [1.54, 1.807) is 33.8 Å². The lowest BCUT2D eigenvalue weighted by Crippen LogP contribution is -2.20. The van der Waals surface area contributed by atoms with Crippen LogP contribution in [0.15, 0.2) is 49.4 Å². The van der Waals surface area contributed by atoms with E-state index in [1.807, 2.05) is 38.3 Å². The average Bonchev–Trinajstić information content (AvgIpc) is 3.50. The number of nitrogens with one attached hydrogen (secondary N) is 2. The Morgan fingerprint density at radius 2 is 2.05 bits per heavy atom. The van der Waals surface area contributed by atoms with Gasteiger partial charge >= 0.3 is 0 Å². The van der Waals surface area contributed by atoms with Crippen molar-refractivity contribution in [3.05, 3.63) is 49.4 Å². The van der Waals surface area contributed by atoms with E-state index >= 15 is 0 Å². The quantitative estimate of drug-likeness (QED) is 0.263. The number of aliphatic hydroxyl groups is 1. The fourth-order valence-electron chi connectivity index (χ4n) is 3.69. The number of rotatable bonds is 11. The van der Waals surface area contributed by atoms with Crippen LogP contribution >= 0.6 is 0 Å². The van der Waals surface area contributed by atoms with Crippen LogP contribution in [0.3, 0.4) is 0 Å². The van der Waals surface area contributed by atoms with E-state index in [-0.39, 0.29) is 18.6 Å². The first-order chi connectivity index (χ1) is 17.8. The van der Waals surface area contributed by atoms with Crippen LogP contribution in [0, 0.1) is 0 Å². The number of carbonyl (C=O) groups is 1. The number of carbonyl (C=O) groups excluding carboxylic acids is 1. The Labute approximate surface area is 214 Å². The Balaban J connectivity index is 1.77. The van der Waals surface area contributed by atoms with E-state index in [9.17, 15) is 9.90 Å². The summed E-state index contributed by atoms with van der Waals surface area (Å²) in [6.45, 7) is 4.38. The summed E-state index contributed by atoms with van der Waals surface area (Å²) in [5, 5.41) is 20.8. The number of likely N-dealkylation sites (N-methyl/N-ethyl adjacent to an activating group) is 1. The van der Waals surface area contributed by atoms with E-state index < -0.39 is 0 Å². The molecule has 0 atom stereocenters. The molecular formula is C25H30N8O4. The number of fused-ring (bicyclic) bond motifs is 1. The molecule has 0 aliphatic carbocycles. The molecule has 0 bridgehead atoms. The van der Waals surface area contributed by atoms with Crippen LogP contribution in [0.2, 0.25) is 0 Å². The molecule has 3 heterocycles. The minimum absolute atomic E-state index is 0.244. The Hall–Kier alpha value is -4.42. The third-order valence-electron chi connectivity index (χ3n) is 5.54.